The van der Waals surface area contributed by atoms with Crippen LogP contribution in [0.3, 0.4) is 0 Å². The molecule has 0 bridgehead atoms. The van der Waals surface area contributed by atoms with Crippen LogP contribution in [0.1, 0.15) is 49.5 Å². The monoisotopic (exact) mass is 475 g/mol. The van der Waals surface area contributed by atoms with E-state index in [0.29, 0.717) is 23.5 Å². The Balaban J connectivity index is 0.00000182. The van der Waals surface area contributed by atoms with Gasteiger partial charge in [0.15, 0.2) is 5.96 Å². The van der Waals surface area contributed by atoms with Crippen LogP contribution < -0.4 is 10.6 Å². The third-order valence-electron chi connectivity index (χ3n) is 6.27. The van der Waals surface area contributed by atoms with Crippen molar-refractivity contribution < 1.29 is 4.74 Å². The molecule has 0 amide bonds. The zero-order valence-electron chi connectivity index (χ0n) is 15.2. The van der Waals surface area contributed by atoms with Gasteiger partial charge in [-0.05, 0) is 50.1 Å². The Labute approximate surface area is 172 Å². The Morgan fingerprint density at radius 3 is 2.88 bits per heavy atom. The molecule has 3 atom stereocenters. The zero-order valence-corrected chi connectivity index (χ0v) is 18.4. The van der Waals surface area contributed by atoms with Gasteiger partial charge in [-0.2, -0.15) is 0 Å². The third kappa shape index (κ3) is 3.46. The minimum Gasteiger partial charge on any atom is -0.377 e. The van der Waals surface area contributed by atoms with Crippen LogP contribution in [0.15, 0.2) is 16.4 Å². The van der Waals surface area contributed by atoms with E-state index in [2.05, 4.69) is 35.9 Å². The Bertz CT molecular complexity index is 612. The summed E-state index contributed by atoms with van der Waals surface area (Å²) in [5.74, 6) is 1.65. The second kappa shape index (κ2) is 8.13. The summed E-state index contributed by atoms with van der Waals surface area (Å²) in [4.78, 5) is 6.23. The summed E-state index contributed by atoms with van der Waals surface area (Å²) in [5.41, 5.74) is 1.72. The molecule has 0 aromatic carbocycles. The highest BCUT2D eigenvalue weighted by Crippen LogP contribution is 2.60. The molecule has 1 saturated heterocycles. The van der Waals surface area contributed by atoms with Gasteiger partial charge in [-0.25, -0.2) is 4.99 Å². The number of guanidine groups is 1. The molecule has 1 aromatic heterocycles. The number of nitrogens with one attached hydrogen (secondary N) is 2. The second-order valence-electron chi connectivity index (χ2n) is 7.53. The number of rotatable bonds is 4. The molecule has 140 valence electrons. The average Bonchev–Trinajstić information content (AvgIpc) is 3.30. The van der Waals surface area contributed by atoms with Crippen LogP contribution in [0.25, 0.3) is 0 Å². The molecule has 4 nitrogen and oxygen atoms in total. The van der Waals surface area contributed by atoms with Crippen LogP contribution >= 0.6 is 35.3 Å². The first-order valence-corrected chi connectivity index (χ1v) is 10.3. The minimum absolute atomic E-state index is 0. The highest BCUT2D eigenvalue weighted by molar-refractivity contribution is 14.0. The molecule has 2 aliphatic carbocycles. The lowest BCUT2D eigenvalue weighted by molar-refractivity contribution is -0.125. The van der Waals surface area contributed by atoms with Crippen LogP contribution in [0.4, 0.5) is 0 Å². The SMILES string of the molecule is CCNC(=NCc1sccc1C)NC1C2CCOC2C12CCCC2.I. The van der Waals surface area contributed by atoms with Gasteiger partial charge in [0.1, 0.15) is 0 Å². The van der Waals surface area contributed by atoms with Crippen LogP contribution in [-0.4, -0.2) is 31.3 Å². The zero-order chi connectivity index (χ0) is 16.6. The number of fused-ring (bicyclic) bond motifs is 2. The van der Waals surface area contributed by atoms with Crippen LogP contribution in [0.2, 0.25) is 0 Å². The van der Waals surface area contributed by atoms with E-state index in [1.54, 1.807) is 11.3 Å². The van der Waals surface area contributed by atoms with Crippen molar-refractivity contribution in [2.75, 3.05) is 13.2 Å². The number of halogens is 1. The van der Waals surface area contributed by atoms with Gasteiger partial charge in [0.25, 0.3) is 0 Å². The van der Waals surface area contributed by atoms with Gasteiger partial charge in [0.2, 0.25) is 0 Å². The van der Waals surface area contributed by atoms with Gasteiger partial charge in [-0.3, -0.25) is 0 Å². The first-order chi connectivity index (χ1) is 11.7. The molecule has 3 fully saturated rings. The van der Waals surface area contributed by atoms with Gasteiger partial charge >= 0.3 is 0 Å². The van der Waals surface area contributed by atoms with Gasteiger partial charge < -0.3 is 15.4 Å². The first-order valence-electron chi connectivity index (χ1n) is 9.44. The van der Waals surface area contributed by atoms with Crippen LogP contribution in [-0.2, 0) is 11.3 Å². The molecule has 4 rings (SSSR count). The minimum atomic E-state index is 0. The normalized spacial score (nSPS) is 29.8. The molecule has 1 spiro atoms. The van der Waals surface area contributed by atoms with E-state index in [0.717, 1.165) is 25.7 Å². The molecule has 2 N–H and O–H groups in total. The summed E-state index contributed by atoms with van der Waals surface area (Å²) in [6.45, 7) is 6.92. The van der Waals surface area contributed by atoms with E-state index in [9.17, 15) is 0 Å². The Kier molecular flexibility index (Phi) is 6.31. The number of hydrogen-bond donors (Lipinski definition) is 2. The van der Waals surface area contributed by atoms with E-state index in [-0.39, 0.29) is 24.0 Å². The summed E-state index contributed by atoms with van der Waals surface area (Å²) >= 11 is 1.80. The molecule has 1 aliphatic heterocycles. The van der Waals surface area contributed by atoms with Crippen molar-refractivity contribution >= 4 is 41.3 Å². The molecular weight excluding hydrogens is 445 g/mol. The fourth-order valence-electron chi connectivity index (χ4n) is 5.09. The molecule has 0 radical (unpaired) electrons. The maximum Gasteiger partial charge on any atom is 0.191 e. The first kappa shape index (κ1) is 19.4. The second-order valence-corrected chi connectivity index (χ2v) is 8.53. The summed E-state index contributed by atoms with van der Waals surface area (Å²) in [6, 6.07) is 2.71. The van der Waals surface area contributed by atoms with E-state index in [1.807, 2.05) is 0 Å². The maximum atomic E-state index is 6.10. The van der Waals surface area contributed by atoms with Crippen molar-refractivity contribution in [3.63, 3.8) is 0 Å². The van der Waals surface area contributed by atoms with E-state index in [1.165, 1.54) is 42.5 Å². The fourth-order valence-corrected chi connectivity index (χ4v) is 5.92. The fraction of sp³-hybridized carbons (Fsp3) is 0.737. The number of nitrogens with zero attached hydrogens (tertiary/aromatic N) is 1. The molecule has 2 heterocycles. The van der Waals surface area contributed by atoms with Gasteiger partial charge in [-0.1, -0.05) is 12.8 Å². The lowest BCUT2D eigenvalue weighted by Crippen LogP contribution is -2.69. The predicted molar refractivity (Wildman–Crippen MR) is 115 cm³/mol. The summed E-state index contributed by atoms with van der Waals surface area (Å²) in [6.07, 6.45) is 7.04. The summed E-state index contributed by atoms with van der Waals surface area (Å²) in [5, 5.41) is 9.41. The van der Waals surface area contributed by atoms with Crippen molar-refractivity contribution in [2.45, 2.75) is 64.6 Å². The van der Waals surface area contributed by atoms with Gasteiger partial charge in [-0.15, -0.1) is 35.3 Å². The lowest BCUT2D eigenvalue weighted by Gasteiger charge is -2.57. The van der Waals surface area contributed by atoms with E-state index < -0.39 is 0 Å². The molecular formula is C19H30IN3OS. The molecule has 6 heteroatoms. The van der Waals surface area contributed by atoms with Crippen molar-refractivity contribution in [3.05, 3.63) is 21.9 Å². The van der Waals surface area contributed by atoms with E-state index >= 15 is 0 Å². The van der Waals surface area contributed by atoms with Crippen molar-refractivity contribution in [3.8, 4) is 0 Å². The number of aryl methyl sites for hydroxylation is 1. The number of hydrogen-bond acceptors (Lipinski definition) is 3. The largest absolute Gasteiger partial charge is 0.377 e. The molecule has 3 unspecified atom stereocenters. The Morgan fingerprint density at radius 2 is 2.20 bits per heavy atom. The highest BCUT2D eigenvalue weighted by Gasteiger charge is 2.65. The van der Waals surface area contributed by atoms with E-state index in [4.69, 9.17) is 9.73 Å². The summed E-state index contributed by atoms with van der Waals surface area (Å²) in [7, 11) is 0. The highest BCUT2D eigenvalue weighted by atomic mass is 127. The Morgan fingerprint density at radius 1 is 1.40 bits per heavy atom. The maximum absolute atomic E-state index is 6.10. The standard InChI is InChI=1S/C19H29N3OS.HI/c1-3-20-18(21-12-15-13(2)7-11-24-15)22-16-14-6-10-23-17(14)19(16)8-4-5-9-19;/h7,11,14,16-17H,3-6,8-10,12H2,1-2H3,(H2,20,21,22);1H. The third-order valence-corrected chi connectivity index (χ3v) is 7.28. The quantitative estimate of drug-likeness (QED) is 0.392. The molecule has 1 aromatic rings. The van der Waals surface area contributed by atoms with Crippen molar-refractivity contribution in [2.24, 2.45) is 16.3 Å². The van der Waals surface area contributed by atoms with Gasteiger partial charge in [0, 0.05) is 35.4 Å². The Hall–Kier alpha value is -0.340. The lowest BCUT2D eigenvalue weighted by atomic mass is 9.54. The van der Waals surface area contributed by atoms with Crippen molar-refractivity contribution in [1.82, 2.24) is 10.6 Å². The smallest absolute Gasteiger partial charge is 0.191 e. The molecule has 2 saturated carbocycles. The molecule has 25 heavy (non-hydrogen) atoms. The average molecular weight is 475 g/mol. The molecule has 3 aliphatic rings. The number of aliphatic imine (C=N–C) groups is 1. The topological polar surface area (TPSA) is 45.7 Å². The number of ether oxygens (including phenoxy) is 1. The predicted octanol–water partition coefficient (Wildman–Crippen LogP) is 4.08. The number of thiophene rings is 1. The van der Waals surface area contributed by atoms with Crippen LogP contribution in [0, 0.1) is 18.3 Å². The summed E-state index contributed by atoms with van der Waals surface area (Å²) < 4.78 is 6.10. The van der Waals surface area contributed by atoms with Gasteiger partial charge in [0.05, 0.1) is 12.6 Å². The van der Waals surface area contributed by atoms with Crippen LogP contribution in [0.5, 0.6) is 0 Å². The van der Waals surface area contributed by atoms with Crippen molar-refractivity contribution in [1.29, 1.82) is 0 Å².